The van der Waals surface area contributed by atoms with Gasteiger partial charge in [0, 0.05) is 0 Å². The molecule has 98 valence electrons. The lowest BCUT2D eigenvalue weighted by molar-refractivity contribution is 0.111. The first-order valence-corrected chi connectivity index (χ1v) is 6.58. The zero-order valence-corrected chi connectivity index (χ0v) is 11.1. The van der Waals surface area contributed by atoms with Gasteiger partial charge >= 0.3 is 0 Å². The molecule has 0 aromatic heterocycles. The Morgan fingerprint density at radius 1 is 1.05 bits per heavy atom. The maximum Gasteiger partial charge on any atom is 0.153 e. The van der Waals surface area contributed by atoms with Gasteiger partial charge in [0.1, 0.15) is 12.4 Å². The molecule has 0 atom stereocenters. The maximum atomic E-state index is 11.0. The largest absolute Gasteiger partial charge is 0.488 e. The molecule has 0 aliphatic heterocycles. The van der Waals surface area contributed by atoms with Crippen LogP contribution in [0.15, 0.2) is 48.5 Å². The van der Waals surface area contributed by atoms with Crippen LogP contribution in [0.3, 0.4) is 0 Å². The minimum Gasteiger partial charge on any atom is -0.488 e. The smallest absolute Gasteiger partial charge is 0.153 e. The van der Waals surface area contributed by atoms with Gasteiger partial charge < -0.3 is 4.74 Å². The van der Waals surface area contributed by atoms with E-state index in [-0.39, 0.29) is 0 Å². The fourth-order valence-corrected chi connectivity index (χ4v) is 1.98. The van der Waals surface area contributed by atoms with Gasteiger partial charge in [0.05, 0.1) is 5.56 Å². The van der Waals surface area contributed by atoms with Crippen molar-refractivity contribution in [2.75, 3.05) is 0 Å². The highest BCUT2D eigenvalue weighted by atomic mass is 16.5. The molecule has 0 N–H and O–H groups in total. The molecule has 2 aromatic rings. The molecule has 0 fully saturated rings. The molecule has 0 aliphatic carbocycles. The number of ether oxygens (including phenoxy) is 1. The highest BCUT2D eigenvalue weighted by molar-refractivity contribution is 5.79. The number of carbonyl (C=O) groups is 1. The van der Waals surface area contributed by atoms with Crippen molar-refractivity contribution in [3.63, 3.8) is 0 Å². The van der Waals surface area contributed by atoms with Crippen molar-refractivity contribution in [3.8, 4) is 5.75 Å². The third kappa shape index (κ3) is 3.68. The van der Waals surface area contributed by atoms with E-state index in [1.807, 2.05) is 48.5 Å². The van der Waals surface area contributed by atoms with Crippen LogP contribution in [0.4, 0.5) is 0 Å². The van der Waals surface area contributed by atoms with E-state index in [4.69, 9.17) is 4.74 Å². The van der Waals surface area contributed by atoms with E-state index in [1.165, 1.54) is 5.56 Å². The fourth-order valence-electron chi connectivity index (χ4n) is 1.98. The zero-order chi connectivity index (χ0) is 13.5. The summed E-state index contributed by atoms with van der Waals surface area (Å²) >= 11 is 0. The summed E-state index contributed by atoms with van der Waals surface area (Å²) in [4.78, 5) is 11.0. The summed E-state index contributed by atoms with van der Waals surface area (Å²) in [5, 5.41) is 0. The summed E-state index contributed by atoms with van der Waals surface area (Å²) in [6.45, 7) is 2.62. The van der Waals surface area contributed by atoms with E-state index in [0.29, 0.717) is 17.9 Å². The number of carbonyl (C=O) groups excluding carboxylic acids is 1. The summed E-state index contributed by atoms with van der Waals surface area (Å²) in [5.41, 5.74) is 2.91. The molecule has 0 radical (unpaired) electrons. The van der Waals surface area contributed by atoms with Crippen LogP contribution >= 0.6 is 0 Å². The predicted molar refractivity (Wildman–Crippen MR) is 76.6 cm³/mol. The molecule has 0 spiro atoms. The van der Waals surface area contributed by atoms with Crippen molar-refractivity contribution in [3.05, 3.63) is 65.2 Å². The summed E-state index contributed by atoms with van der Waals surface area (Å²) in [6.07, 6.45) is 2.93. The monoisotopic (exact) mass is 254 g/mol. The minimum absolute atomic E-state index is 0.483. The molecule has 0 unspecified atom stereocenters. The third-order valence-electron chi connectivity index (χ3n) is 2.98. The van der Waals surface area contributed by atoms with Gasteiger partial charge in [0.15, 0.2) is 6.29 Å². The lowest BCUT2D eigenvalue weighted by Gasteiger charge is -2.10. The van der Waals surface area contributed by atoms with E-state index in [0.717, 1.165) is 24.7 Å². The second-order valence-electron chi connectivity index (χ2n) is 4.51. The highest BCUT2D eigenvalue weighted by Gasteiger charge is 2.05. The van der Waals surface area contributed by atoms with Crippen molar-refractivity contribution < 1.29 is 9.53 Å². The quantitative estimate of drug-likeness (QED) is 0.727. The molecule has 0 bridgehead atoms. The number of aryl methyl sites for hydroxylation is 1. The molecule has 2 nitrogen and oxygen atoms in total. The van der Waals surface area contributed by atoms with Crippen molar-refractivity contribution in [2.24, 2.45) is 0 Å². The van der Waals surface area contributed by atoms with E-state index >= 15 is 0 Å². The van der Waals surface area contributed by atoms with Gasteiger partial charge in [0.2, 0.25) is 0 Å². The Hall–Kier alpha value is -2.09. The van der Waals surface area contributed by atoms with E-state index in [9.17, 15) is 4.79 Å². The predicted octanol–water partition coefficient (Wildman–Crippen LogP) is 4.03. The molecule has 0 saturated carbocycles. The summed E-state index contributed by atoms with van der Waals surface area (Å²) in [6, 6.07) is 15.7. The molecule has 0 amide bonds. The molecule has 2 aromatic carbocycles. The van der Waals surface area contributed by atoms with Crippen LogP contribution in [0.25, 0.3) is 0 Å². The first-order chi connectivity index (χ1) is 9.33. The van der Waals surface area contributed by atoms with Gasteiger partial charge in [-0.25, -0.2) is 0 Å². The highest BCUT2D eigenvalue weighted by Crippen LogP contribution is 2.21. The standard InChI is InChI=1S/C17H18O2/c1-2-6-14-9-10-16(12-18)17(11-14)19-13-15-7-4-3-5-8-15/h3-5,7-12H,2,6,13H2,1H3. The average molecular weight is 254 g/mol. The van der Waals surface area contributed by atoms with Crippen LogP contribution in [-0.4, -0.2) is 6.29 Å². The molecular formula is C17H18O2. The van der Waals surface area contributed by atoms with Crippen LogP contribution in [0, 0.1) is 0 Å². The fraction of sp³-hybridized carbons (Fsp3) is 0.235. The molecular weight excluding hydrogens is 236 g/mol. The number of benzene rings is 2. The minimum atomic E-state index is 0.483. The Bertz CT molecular complexity index is 532. The molecule has 2 heteroatoms. The summed E-state index contributed by atoms with van der Waals surface area (Å²) in [5.74, 6) is 0.671. The lowest BCUT2D eigenvalue weighted by Crippen LogP contribution is -1.99. The van der Waals surface area contributed by atoms with Crippen molar-refractivity contribution in [1.29, 1.82) is 0 Å². The Balaban J connectivity index is 2.13. The van der Waals surface area contributed by atoms with Gasteiger partial charge in [-0.3, -0.25) is 4.79 Å². The Morgan fingerprint density at radius 3 is 2.53 bits per heavy atom. The van der Waals surface area contributed by atoms with Crippen LogP contribution in [0.5, 0.6) is 5.75 Å². The SMILES string of the molecule is CCCc1ccc(C=O)c(OCc2ccccc2)c1. The van der Waals surface area contributed by atoms with Crippen LogP contribution in [0.2, 0.25) is 0 Å². The molecule has 2 rings (SSSR count). The first-order valence-electron chi connectivity index (χ1n) is 6.58. The first kappa shape index (κ1) is 13.3. The van der Waals surface area contributed by atoms with E-state index in [1.54, 1.807) is 0 Å². The number of aldehydes is 1. The Kier molecular flexibility index (Phi) is 4.73. The second-order valence-corrected chi connectivity index (χ2v) is 4.51. The van der Waals surface area contributed by atoms with Crippen LogP contribution < -0.4 is 4.74 Å². The maximum absolute atomic E-state index is 11.0. The van der Waals surface area contributed by atoms with Gasteiger partial charge in [0.25, 0.3) is 0 Å². The van der Waals surface area contributed by atoms with Gasteiger partial charge in [-0.15, -0.1) is 0 Å². The molecule has 19 heavy (non-hydrogen) atoms. The Labute approximate surface area is 114 Å². The van der Waals surface area contributed by atoms with Crippen molar-refractivity contribution in [2.45, 2.75) is 26.4 Å². The Morgan fingerprint density at radius 2 is 1.84 bits per heavy atom. The number of hydrogen-bond donors (Lipinski definition) is 0. The van der Waals surface area contributed by atoms with Crippen LogP contribution in [0.1, 0.15) is 34.8 Å². The normalized spacial score (nSPS) is 10.2. The lowest BCUT2D eigenvalue weighted by atomic mass is 10.1. The van der Waals surface area contributed by atoms with E-state index in [2.05, 4.69) is 6.92 Å². The summed E-state index contributed by atoms with van der Waals surface area (Å²) < 4.78 is 5.77. The average Bonchev–Trinajstić information content (AvgIpc) is 2.47. The second kappa shape index (κ2) is 6.74. The summed E-state index contributed by atoms with van der Waals surface area (Å²) in [7, 11) is 0. The van der Waals surface area contributed by atoms with Gasteiger partial charge in [-0.05, 0) is 29.7 Å². The van der Waals surface area contributed by atoms with E-state index < -0.39 is 0 Å². The van der Waals surface area contributed by atoms with Gasteiger partial charge in [-0.1, -0.05) is 49.7 Å². The topological polar surface area (TPSA) is 26.3 Å². The van der Waals surface area contributed by atoms with Crippen molar-refractivity contribution >= 4 is 6.29 Å². The molecule has 0 aliphatic rings. The molecule has 0 heterocycles. The van der Waals surface area contributed by atoms with Gasteiger partial charge in [-0.2, -0.15) is 0 Å². The van der Waals surface area contributed by atoms with Crippen molar-refractivity contribution in [1.82, 2.24) is 0 Å². The molecule has 0 saturated heterocycles. The number of hydrogen-bond acceptors (Lipinski definition) is 2. The van der Waals surface area contributed by atoms with Crippen LogP contribution in [-0.2, 0) is 13.0 Å². The third-order valence-corrected chi connectivity index (χ3v) is 2.98. The zero-order valence-electron chi connectivity index (χ0n) is 11.1. The number of rotatable bonds is 6.